The van der Waals surface area contributed by atoms with Crippen molar-refractivity contribution in [1.82, 2.24) is 0 Å². The third-order valence-electron chi connectivity index (χ3n) is 2.45. The zero-order valence-corrected chi connectivity index (χ0v) is 10.5. The summed E-state index contributed by atoms with van der Waals surface area (Å²) < 4.78 is 5.85. The van der Waals surface area contributed by atoms with Gasteiger partial charge in [-0.15, -0.1) is 0 Å². The van der Waals surface area contributed by atoms with E-state index in [4.69, 9.17) is 10.5 Å². The molecule has 0 saturated heterocycles. The van der Waals surface area contributed by atoms with Crippen LogP contribution in [0, 0.1) is 0 Å². The lowest BCUT2D eigenvalue weighted by atomic mass is 9.96. The van der Waals surface area contributed by atoms with E-state index in [-0.39, 0.29) is 11.7 Å². The van der Waals surface area contributed by atoms with Gasteiger partial charge in [0.1, 0.15) is 0 Å². The first-order valence-corrected chi connectivity index (χ1v) is 5.66. The summed E-state index contributed by atoms with van der Waals surface area (Å²) in [5.41, 5.74) is 6.50. The Kier molecular flexibility index (Phi) is 4.42. The summed E-state index contributed by atoms with van der Waals surface area (Å²) in [5, 5.41) is 9.79. The third-order valence-corrected chi connectivity index (χ3v) is 3.09. The lowest BCUT2D eigenvalue weighted by Crippen LogP contribution is -2.06. The number of ether oxygens (including phenoxy) is 1. The molecule has 0 aromatic heterocycles. The average Bonchev–Trinajstić information content (AvgIpc) is 2.22. The zero-order chi connectivity index (χ0) is 11.4. The normalized spacial score (nSPS) is 12.5. The van der Waals surface area contributed by atoms with Gasteiger partial charge in [0.2, 0.25) is 0 Å². The van der Waals surface area contributed by atoms with Crippen molar-refractivity contribution >= 4 is 15.9 Å². The van der Waals surface area contributed by atoms with Crippen LogP contribution in [0.15, 0.2) is 16.6 Å². The predicted octanol–water partition coefficient (Wildman–Crippen LogP) is 2.62. The molecule has 84 valence electrons. The Hall–Kier alpha value is -0.740. The molecule has 0 radical (unpaired) electrons. The quantitative estimate of drug-likeness (QED) is 0.887. The number of rotatable bonds is 4. The third kappa shape index (κ3) is 2.63. The van der Waals surface area contributed by atoms with Gasteiger partial charge in [-0.05, 0) is 40.9 Å². The number of benzene rings is 1. The topological polar surface area (TPSA) is 55.5 Å². The SMILES string of the molecule is COc1c(C(C)CCN)ccc(Br)c1O. The molecule has 0 aliphatic carbocycles. The lowest BCUT2D eigenvalue weighted by molar-refractivity contribution is 0.364. The van der Waals surface area contributed by atoms with Crippen molar-refractivity contribution in [3.05, 3.63) is 22.2 Å². The highest BCUT2D eigenvalue weighted by molar-refractivity contribution is 9.10. The van der Waals surface area contributed by atoms with Crippen LogP contribution in [0.3, 0.4) is 0 Å². The lowest BCUT2D eigenvalue weighted by Gasteiger charge is -2.16. The first-order valence-electron chi connectivity index (χ1n) is 4.87. The number of aromatic hydroxyl groups is 1. The molecule has 0 heterocycles. The first kappa shape index (κ1) is 12.3. The number of nitrogens with two attached hydrogens (primary N) is 1. The van der Waals surface area contributed by atoms with Crippen molar-refractivity contribution in [1.29, 1.82) is 0 Å². The number of phenolic OH excluding ortho intramolecular Hbond substituents is 1. The Balaban J connectivity index is 3.12. The van der Waals surface area contributed by atoms with E-state index >= 15 is 0 Å². The number of hydrogen-bond donors (Lipinski definition) is 2. The van der Waals surface area contributed by atoms with Crippen LogP contribution in [0.25, 0.3) is 0 Å². The van der Waals surface area contributed by atoms with Crippen LogP contribution in [0.5, 0.6) is 11.5 Å². The fourth-order valence-electron chi connectivity index (χ4n) is 1.57. The van der Waals surface area contributed by atoms with Gasteiger partial charge in [0.05, 0.1) is 11.6 Å². The zero-order valence-electron chi connectivity index (χ0n) is 8.96. The minimum Gasteiger partial charge on any atom is -0.503 e. The van der Waals surface area contributed by atoms with E-state index in [1.54, 1.807) is 7.11 Å². The molecule has 1 aromatic carbocycles. The number of halogens is 1. The molecule has 0 aliphatic rings. The van der Waals surface area contributed by atoms with E-state index in [2.05, 4.69) is 22.9 Å². The summed E-state index contributed by atoms with van der Waals surface area (Å²) in [6.45, 7) is 2.69. The monoisotopic (exact) mass is 273 g/mol. The van der Waals surface area contributed by atoms with Gasteiger partial charge in [-0.3, -0.25) is 0 Å². The highest BCUT2D eigenvalue weighted by atomic mass is 79.9. The van der Waals surface area contributed by atoms with Crippen LogP contribution < -0.4 is 10.5 Å². The van der Waals surface area contributed by atoms with Crippen LogP contribution in [-0.4, -0.2) is 18.8 Å². The minimum atomic E-state index is 0.152. The van der Waals surface area contributed by atoms with Crippen LogP contribution >= 0.6 is 15.9 Å². The van der Waals surface area contributed by atoms with E-state index in [1.165, 1.54) is 0 Å². The molecular weight excluding hydrogens is 258 g/mol. The molecule has 1 atom stereocenters. The molecular formula is C11H16BrNO2. The fourth-order valence-corrected chi connectivity index (χ4v) is 1.88. The molecule has 1 rings (SSSR count). The largest absolute Gasteiger partial charge is 0.503 e. The summed E-state index contributed by atoms with van der Waals surface area (Å²) in [7, 11) is 1.56. The van der Waals surface area contributed by atoms with Gasteiger partial charge in [-0.25, -0.2) is 0 Å². The summed E-state index contributed by atoms with van der Waals surface area (Å²) in [5.74, 6) is 0.966. The molecule has 3 N–H and O–H groups in total. The van der Waals surface area contributed by atoms with Crippen LogP contribution in [-0.2, 0) is 0 Å². The maximum atomic E-state index is 9.79. The molecule has 3 nitrogen and oxygen atoms in total. The molecule has 0 aliphatic heterocycles. The smallest absolute Gasteiger partial charge is 0.172 e. The van der Waals surface area contributed by atoms with Gasteiger partial charge in [-0.1, -0.05) is 13.0 Å². The van der Waals surface area contributed by atoms with E-state index in [1.807, 2.05) is 12.1 Å². The van der Waals surface area contributed by atoms with Crippen molar-refractivity contribution in [2.45, 2.75) is 19.3 Å². The Labute approximate surface area is 98.4 Å². The Bertz CT molecular complexity index is 342. The molecule has 4 heteroatoms. The van der Waals surface area contributed by atoms with Gasteiger partial charge < -0.3 is 15.6 Å². The van der Waals surface area contributed by atoms with Crippen molar-refractivity contribution in [3.63, 3.8) is 0 Å². The highest BCUT2D eigenvalue weighted by Gasteiger charge is 2.16. The van der Waals surface area contributed by atoms with Gasteiger partial charge >= 0.3 is 0 Å². The number of phenols is 1. The second-order valence-electron chi connectivity index (χ2n) is 3.50. The molecule has 0 saturated carbocycles. The highest BCUT2D eigenvalue weighted by Crippen LogP contribution is 2.40. The number of hydrogen-bond acceptors (Lipinski definition) is 3. The van der Waals surface area contributed by atoms with Gasteiger partial charge in [0.15, 0.2) is 11.5 Å². The summed E-state index contributed by atoms with van der Waals surface area (Å²) in [6, 6.07) is 3.77. The molecule has 0 bridgehead atoms. The Morgan fingerprint density at radius 2 is 2.20 bits per heavy atom. The Morgan fingerprint density at radius 1 is 1.53 bits per heavy atom. The van der Waals surface area contributed by atoms with Gasteiger partial charge in [0, 0.05) is 5.56 Å². The molecule has 0 spiro atoms. The van der Waals surface area contributed by atoms with Crippen molar-refractivity contribution in [2.24, 2.45) is 5.73 Å². The first-order chi connectivity index (χ1) is 7.11. The average molecular weight is 274 g/mol. The standard InChI is InChI=1S/C11H16BrNO2/c1-7(5-6-13)8-3-4-9(12)10(14)11(8)15-2/h3-4,7,14H,5-6,13H2,1-2H3. The maximum absolute atomic E-state index is 9.79. The van der Waals surface area contributed by atoms with Crippen LogP contribution in [0.1, 0.15) is 24.8 Å². The van der Waals surface area contributed by atoms with E-state index in [0.717, 1.165) is 12.0 Å². The van der Waals surface area contributed by atoms with E-state index < -0.39 is 0 Å². The minimum absolute atomic E-state index is 0.152. The van der Waals surface area contributed by atoms with Crippen LogP contribution in [0.2, 0.25) is 0 Å². The van der Waals surface area contributed by atoms with Gasteiger partial charge in [-0.2, -0.15) is 0 Å². The molecule has 1 unspecified atom stereocenters. The van der Waals surface area contributed by atoms with E-state index in [9.17, 15) is 5.11 Å². The van der Waals surface area contributed by atoms with Crippen LogP contribution in [0.4, 0.5) is 0 Å². The summed E-state index contributed by atoms with van der Waals surface area (Å²) >= 11 is 3.25. The van der Waals surface area contributed by atoms with Crippen molar-refractivity contribution < 1.29 is 9.84 Å². The molecule has 0 fully saturated rings. The van der Waals surface area contributed by atoms with Crippen molar-refractivity contribution in [2.75, 3.05) is 13.7 Å². The fraction of sp³-hybridized carbons (Fsp3) is 0.455. The van der Waals surface area contributed by atoms with E-state index in [0.29, 0.717) is 16.8 Å². The van der Waals surface area contributed by atoms with Gasteiger partial charge in [0.25, 0.3) is 0 Å². The summed E-state index contributed by atoms with van der Waals surface area (Å²) in [4.78, 5) is 0. The predicted molar refractivity (Wildman–Crippen MR) is 64.4 cm³/mol. The summed E-state index contributed by atoms with van der Waals surface area (Å²) in [6.07, 6.45) is 0.872. The Morgan fingerprint density at radius 3 is 2.73 bits per heavy atom. The number of methoxy groups -OCH3 is 1. The maximum Gasteiger partial charge on any atom is 0.172 e. The molecule has 15 heavy (non-hydrogen) atoms. The second kappa shape index (κ2) is 5.37. The van der Waals surface area contributed by atoms with Crippen molar-refractivity contribution in [3.8, 4) is 11.5 Å². The molecule has 1 aromatic rings. The second-order valence-corrected chi connectivity index (χ2v) is 4.35. The molecule has 0 amide bonds.